The van der Waals surface area contributed by atoms with E-state index in [4.69, 9.17) is 9.52 Å². The normalized spacial score (nSPS) is 21.3. The van der Waals surface area contributed by atoms with Gasteiger partial charge in [0.25, 0.3) is 0 Å². The molecule has 1 aliphatic carbocycles. The van der Waals surface area contributed by atoms with E-state index < -0.39 is 9.73 Å². The Balaban J connectivity index is 1.34. The van der Waals surface area contributed by atoms with Gasteiger partial charge in [-0.1, -0.05) is 6.07 Å². The predicted molar refractivity (Wildman–Crippen MR) is 118 cm³/mol. The molecule has 3 aromatic heterocycles. The molecule has 1 aliphatic rings. The zero-order valence-electron chi connectivity index (χ0n) is 17.4. The lowest BCUT2D eigenvalue weighted by molar-refractivity contribution is 0.342. The second-order valence-corrected chi connectivity index (χ2v) is 10.3. The second kappa shape index (κ2) is 8.59. The fraction of sp³-hybridized carbons (Fsp3) is 0.476. The van der Waals surface area contributed by atoms with Crippen molar-refractivity contribution in [2.24, 2.45) is 5.92 Å². The number of aromatic nitrogens is 4. The minimum atomic E-state index is -2.68. The summed E-state index contributed by atoms with van der Waals surface area (Å²) in [5, 5.41) is 1.03. The number of nitrogens with zero attached hydrogens (tertiary/aromatic N) is 4. The number of nitrogens with one attached hydrogen (secondary N) is 2. The molecule has 3 heterocycles. The first-order valence-corrected chi connectivity index (χ1v) is 12.1. The Bertz CT molecular complexity index is 1090. The number of anilines is 1. The molecule has 160 valence electrons. The first kappa shape index (κ1) is 20.6. The highest BCUT2D eigenvalue weighted by Crippen LogP contribution is 2.32. The van der Waals surface area contributed by atoms with Gasteiger partial charge in [0.1, 0.15) is 17.8 Å². The van der Waals surface area contributed by atoms with Crippen molar-refractivity contribution < 1.29 is 8.95 Å². The molecular weight excluding hydrogens is 400 g/mol. The summed E-state index contributed by atoms with van der Waals surface area (Å²) in [6.45, 7) is 0. The molecule has 9 heteroatoms. The number of pyridine rings is 1. The van der Waals surface area contributed by atoms with Crippen LogP contribution >= 0.6 is 0 Å². The molecule has 0 aliphatic heterocycles. The van der Waals surface area contributed by atoms with Crippen LogP contribution in [0.4, 0.5) is 5.82 Å². The van der Waals surface area contributed by atoms with Gasteiger partial charge >= 0.3 is 0 Å². The summed E-state index contributed by atoms with van der Waals surface area (Å²) < 4.78 is 26.3. The average molecular weight is 429 g/mol. The Morgan fingerprint density at radius 1 is 1.20 bits per heavy atom. The van der Waals surface area contributed by atoms with Gasteiger partial charge in [0.2, 0.25) is 5.88 Å². The van der Waals surface area contributed by atoms with Crippen LogP contribution in [0.3, 0.4) is 0 Å². The minimum absolute atomic E-state index is 0.246. The number of methoxy groups -OCH3 is 1. The van der Waals surface area contributed by atoms with Crippen LogP contribution < -0.4 is 9.64 Å². The molecule has 1 fully saturated rings. The van der Waals surface area contributed by atoms with Gasteiger partial charge < -0.3 is 14.6 Å². The molecule has 1 saturated carbocycles. The summed E-state index contributed by atoms with van der Waals surface area (Å²) >= 11 is 0. The number of hydrogen-bond acceptors (Lipinski definition) is 7. The van der Waals surface area contributed by atoms with Crippen molar-refractivity contribution in [1.29, 1.82) is 4.78 Å². The summed E-state index contributed by atoms with van der Waals surface area (Å²) in [5.41, 5.74) is 1.67. The third-order valence-electron chi connectivity index (χ3n) is 5.94. The molecule has 0 spiro atoms. The Labute approximate surface area is 177 Å². The SMILES string of the molecule is COc1ccc(CS(=N)(=O)CC2CCC(N(C)c3ncnc4[nH]ccc34)CC2)cn1. The molecule has 3 aromatic rings. The average Bonchev–Trinajstić information content (AvgIpc) is 3.23. The maximum absolute atomic E-state index is 12.9. The fourth-order valence-electron chi connectivity index (χ4n) is 4.34. The van der Waals surface area contributed by atoms with Gasteiger partial charge in [-0.15, -0.1) is 0 Å². The first-order chi connectivity index (χ1) is 14.4. The maximum atomic E-state index is 12.9. The van der Waals surface area contributed by atoms with Gasteiger partial charge in [-0.05, 0) is 43.2 Å². The number of hydrogen-bond donors (Lipinski definition) is 2. The molecular formula is C21H28N6O2S. The molecule has 1 atom stereocenters. The number of rotatable bonds is 7. The van der Waals surface area contributed by atoms with E-state index in [0.29, 0.717) is 23.6 Å². The van der Waals surface area contributed by atoms with Crippen molar-refractivity contribution in [3.05, 3.63) is 42.5 Å². The lowest BCUT2D eigenvalue weighted by atomic mass is 9.86. The molecule has 0 amide bonds. The first-order valence-electron chi connectivity index (χ1n) is 10.2. The predicted octanol–water partition coefficient (Wildman–Crippen LogP) is 3.60. The van der Waals surface area contributed by atoms with Gasteiger partial charge in [0, 0.05) is 47.0 Å². The molecule has 0 bridgehead atoms. The highest BCUT2D eigenvalue weighted by molar-refractivity contribution is 7.91. The minimum Gasteiger partial charge on any atom is -0.481 e. The van der Waals surface area contributed by atoms with Gasteiger partial charge in [-0.3, -0.25) is 4.78 Å². The molecule has 8 nitrogen and oxygen atoms in total. The summed E-state index contributed by atoms with van der Waals surface area (Å²) in [6.07, 6.45) is 9.12. The third kappa shape index (κ3) is 4.56. The highest BCUT2D eigenvalue weighted by atomic mass is 32.2. The van der Waals surface area contributed by atoms with Crippen LogP contribution in [0.2, 0.25) is 0 Å². The largest absolute Gasteiger partial charge is 0.481 e. The Morgan fingerprint density at radius 2 is 2.00 bits per heavy atom. The van der Waals surface area contributed by atoms with Crippen LogP contribution in [-0.4, -0.2) is 50.1 Å². The number of aromatic amines is 1. The summed E-state index contributed by atoms with van der Waals surface area (Å²) in [7, 11) is 0.968. The molecule has 0 saturated heterocycles. The Kier molecular flexibility index (Phi) is 5.90. The van der Waals surface area contributed by atoms with Crippen molar-refractivity contribution in [1.82, 2.24) is 19.9 Å². The Hall–Kier alpha value is -2.68. The van der Waals surface area contributed by atoms with Gasteiger partial charge in [-0.2, -0.15) is 0 Å². The standard InChI is InChI=1S/C21H28N6O2S/c1-27(21-18-9-10-23-20(18)25-14-26-21)17-6-3-15(4-7-17)12-30(22,28)13-16-5-8-19(29-2)24-11-16/h5,8-11,14-15,17,22H,3-4,6-7,12-13H2,1-2H3,(H,23,25,26). The quantitative estimate of drug-likeness (QED) is 0.595. The fourth-order valence-corrected chi connectivity index (χ4v) is 6.26. The topological polar surface area (TPSA) is 108 Å². The molecule has 4 rings (SSSR count). The van der Waals surface area contributed by atoms with Crippen molar-refractivity contribution in [2.75, 3.05) is 24.8 Å². The molecule has 1 unspecified atom stereocenters. The lowest BCUT2D eigenvalue weighted by Crippen LogP contribution is -2.37. The summed E-state index contributed by atoms with van der Waals surface area (Å²) in [4.78, 5) is 18.3. The van der Waals surface area contributed by atoms with Crippen LogP contribution in [-0.2, 0) is 15.5 Å². The highest BCUT2D eigenvalue weighted by Gasteiger charge is 2.28. The van der Waals surface area contributed by atoms with Crippen molar-refractivity contribution in [2.45, 2.75) is 37.5 Å². The zero-order chi connectivity index (χ0) is 21.1. The van der Waals surface area contributed by atoms with Crippen LogP contribution in [0.1, 0.15) is 31.2 Å². The molecule has 2 N–H and O–H groups in total. The van der Waals surface area contributed by atoms with E-state index in [1.165, 1.54) is 0 Å². The molecule has 30 heavy (non-hydrogen) atoms. The van der Waals surface area contributed by atoms with Crippen molar-refractivity contribution in [3.8, 4) is 5.88 Å². The maximum Gasteiger partial charge on any atom is 0.212 e. The van der Waals surface area contributed by atoms with Crippen molar-refractivity contribution in [3.63, 3.8) is 0 Å². The monoisotopic (exact) mass is 428 g/mol. The number of ether oxygens (including phenoxy) is 1. The van der Waals surface area contributed by atoms with E-state index in [1.54, 1.807) is 25.7 Å². The molecule has 0 radical (unpaired) electrons. The summed E-state index contributed by atoms with van der Waals surface area (Å²) in [6, 6.07) is 5.99. The lowest BCUT2D eigenvalue weighted by Gasteiger charge is -2.35. The number of H-pyrrole nitrogens is 1. The van der Waals surface area contributed by atoms with Crippen LogP contribution in [0.15, 0.2) is 36.9 Å². The second-order valence-electron chi connectivity index (χ2n) is 8.05. The number of fused-ring (bicyclic) bond motifs is 1. The van der Waals surface area contributed by atoms with E-state index >= 15 is 0 Å². The van der Waals surface area contributed by atoms with E-state index in [9.17, 15) is 4.21 Å². The van der Waals surface area contributed by atoms with Crippen LogP contribution in [0, 0.1) is 10.7 Å². The summed E-state index contributed by atoms with van der Waals surface area (Å²) in [5.74, 6) is 2.49. The van der Waals surface area contributed by atoms with Crippen LogP contribution in [0.5, 0.6) is 5.88 Å². The zero-order valence-corrected chi connectivity index (χ0v) is 18.2. The van der Waals surface area contributed by atoms with Gasteiger partial charge in [0.05, 0.1) is 18.2 Å². The third-order valence-corrected chi connectivity index (χ3v) is 7.75. The van der Waals surface area contributed by atoms with Crippen LogP contribution in [0.25, 0.3) is 11.0 Å². The van der Waals surface area contributed by atoms with Crippen molar-refractivity contribution >= 4 is 26.6 Å². The van der Waals surface area contributed by atoms with E-state index in [2.05, 4.69) is 31.9 Å². The van der Waals surface area contributed by atoms with E-state index in [0.717, 1.165) is 48.1 Å². The van der Waals surface area contributed by atoms with E-state index in [-0.39, 0.29) is 5.75 Å². The molecule has 0 aromatic carbocycles. The van der Waals surface area contributed by atoms with Gasteiger partial charge in [-0.25, -0.2) is 19.2 Å². The van der Waals surface area contributed by atoms with E-state index in [1.807, 2.05) is 18.3 Å². The smallest absolute Gasteiger partial charge is 0.212 e. The Morgan fingerprint density at radius 3 is 2.70 bits per heavy atom. The van der Waals surface area contributed by atoms with Gasteiger partial charge in [0.15, 0.2) is 0 Å².